The maximum atomic E-state index is 12.5. The Bertz CT molecular complexity index is 807. The molecular formula is C16H20N6O2S. The number of hydrogen-bond donors (Lipinski definition) is 4. The number of carbonyl (C=O) groups excluding carboxylic acids is 1. The fraction of sp³-hybridized carbons (Fsp3) is 0.438. The number of β-amino-alcohol motifs (C(OH)–C–C–N with tert-alkyl or cyclic N) is 1. The van der Waals surface area contributed by atoms with Crippen molar-refractivity contribution in [1.29, 1.82) is 0 Å². The fourth-order valence-corrected chi connectivity index (χ4v) is 4.05. The molecule has 0 aromatic carbocycles. The molecule has 0 radical (unpaired) electrons. The van der Waals surface area contributed by atoms with Gasteiger partial charge in [-0.2, -0.15) is 0 Å². The van der Waals surface area contributed by atoms with Gasteiger partial charge in [0, 0.05) is 43.8 Å². The summed E-state index contributed by atoms with van der Waals surface area (Å²) in [5.74, 6) is 1.53. The summed E-state index contributed by atoms with van der Waals surface area (Å²) in [5, 5.41) is 16.6. The van der Waals surface area contributed by atoms with Crippen LogP contribution in [0, 0.1) is 0 Å². The Labute approximate surface area is 149 Å². The quantitative estimate of drug-likeness (QED) is 0.617. The van der Waals surface area contributed by atoms with Gasteiger partial charge in [-0.1, -0.05) is 0 Å². The van der Waals surface area contributed by atoms with Gasteiger partial charge in [-0.3, -0.25) is 4.79 Å². The summed E-state index contributed by atoms with van der Waals surface area (Å²) in [6.45, 7) is 1.89. The van der Waals surface area contributed by atoms with Crippen LogP contribution >= 0.6 is 11.8 Å². The Balaban J connectivity index is 1.46. The van der Waals surface area contributed by atoms with Crippen molar-refractivity contribution in [2.75, 3.05) is 30.3 Å². The van der Waals surface area contributed by atoms with Crippen molar-refractivity contribution >= 4 is 34.5 Å². The van der Waals surface area contributed by atoms with Gasteiger partial charge in [0.2, 0.25) is 0 Å². The Hall–Kier alpha value is -2.10. The molecule has 9 heteroatoms. The van der Waals surface area contributed by atoms with E-state index in [9.17, 15) is 9.90 Å². The van der Waals surface area contributed by atoms with Crippen molar-refractivity contribution in [3.8, 4) is 0 Å². The second kappa shape index (κ2) is 7.03. The highest BCUT2D eigenvalue weighted by Crippen LogP contribution is 2.28. The minimum atomic E-state index is -0.317. The molecule has 1 saturated heterocycles. The number of nitrogens with zero attached hydrogens (tertiary/aromatic N) is 3. The molecule has 4 N–H and O–H groups in total. The first kappa shape index (κ1) is 16.4. The van der Waals surface area contributed by atoms with Gasteiger partial charge in [0.1, 0.15) is 17.8 Å². The lowest BCUT2D eigenvalue weighted by atomic mass is 10.2. The molecule has 1 fully saturated rings. The topological polar surface area (TPSA) is 106 Å². The lowest BCUT2D eigenvalue weighted by Gasteiger charge is -2.25. The van der Waals surface area contributed by atoms with Crippen molar-refractivity contribution in [2.45, 2.75) is 18.6 Å². The van der Waals surface area contributed by atoms with Crippen LogP contribution in [0.25, 0.3) is 11.0 Å². The summed E-state index contributed by atoms with van der Waals surface area (Å²) in [7, 11) is 0. The summed E-state index contributed by atoms with van der Waals surface area (Å²) in [5.41, 5.74) is 0.786. The number of fused-ring (bicyclic) bond motifs is 1. The zero-order valence-electron chi connectivity index (χ0n) is 13.6. The van der Waals surface area contributed by atoms with Crippen LogP contribution in [-0.2, 0) is 4.79 Å². The van der Waals surface area contributed by atoms with Crippen molar-refractivity contribution in [2.24, 2.45) is 0 Å². The standard InChI is InChI=1S/C16H20N6O2S/c23-11-5-10(18-7-11)6-19-16(24)13-8-22(3-4-25-13)15-12-1-2-17-14(12)20-9-21-15/h1-2,8-11,18,23H,3-7H2,(H,19,24)(H,17,20,21)/t10-,11-/m0/s1. The minimum Gasteiger partial charge on any atom is -0.392 e. The summed E-state index contributed by atoms with van der Waals surface area (Å²) in [4.78, 5) is 26.8. The SMILES string of the molecule is O=C(NC[C@@H]1C[C@H](O)CN1)C1=CN(c2ncnc3[nH]ccc23)CCS1. The van der Waals surface area contributed by atoms with Gasteiger partial charge in [-0.15, -0.1) is 11.8 Å². The van der Waals surface area contributed by atoms with E-state index in [-0.39, 0.29) is 18.1 Å². The minimum absolute atomic E-state index is 0.0859. The van der Waals surface area contributed by atoms with Crippen LogP contribution in [-0.4, -0.2) is 63.5 Å². The molecular weight excluding hydrogens is 340 g/mol. The molecule has 0 bridgehead atoms. The molecule has 2 aliphatic rings. The van der Waals surface area contributed by atoms with E-state index in [4.69, 9.17) is 0 Å². The highest BCUT2D eigenvalue weighted by Gasteiger charge is 2.24. The Morgan fingerprint density at radius 2 is 2.40 bits per heavy atom. The number of thioether (sulfide) groups is 1. The molecule has 2 atom stereocenters. The van der Waals surface area contributed by atoms with Crippen molar-refractivity contribution in [3.63, 3.8) is 0 Å². The predicted molar refractivity (Wildman–Crippen MR) is 97.2 cm³/mol. The predicted octanol–water partition coefficient (Wildman–Crippen LogP) is 0.192. The number of nitrogens with one attached hydrogen (secondary N) is 3. The molecule has 1 amide bonds. The van der Waals surface area contributed by atoms with Crippen LogP contribution in [0.1, 0.15) is 6.42 Å². The average molecular weight is 360 g/mol. The van der Waals surface area contributed by atoms with Gasteiger partial charge in [0.15, 0.2) is 0 Å². The van der Waals surface area contributed by atoms with E-state index < -0.39 is 0 Å². The number of amides is 1. The number of H-pyrrole nitrogens is 1. The Kier molecular flexibility index (Phi) is 4.60. The van der Waals surface area contributed by atoms with E-state index in [0.29, 0.717) is 24.4 Å². The number of aliphatic hydroxyl groups is 1. The number of aliphatic hydroxyl groups excluding tert-OH is 1. The molecule has 8 nitrogen and oxygen atoms in total. The molecule has 4 rings (SSSR count). The van der Waals surface area contributed by atoms with E-state index in [1.165, 1.54) is 6.33 Å². The first-order valence-corrected chi connectivity index (χ1v) is 9.28. The molecule has 0 spiro atoms. The summed E-state index contributed by atoms with van der Waals surface area (Å²) in [6.07, 6.45) is 5.57. The van der Waals surface area contributed by atoms with Crippen molar-refractivity contribution < 1.29 is 9.90 Å². The highest BCUT2D eigenvalue weighted by atomic mass is 32.2. The van der Waals surface area contributed by atoms with Crippen LogP contribution in [0.5, 0.6) is 0 Å². The third-order valence-corrected chi connectivity index (χ3v) is 5.39. The fourth-order valence-electron chi connectivity index (χ4n) is 3.13. The summed E-state index contributed by atoms with van der Waals surface area (Å²) in [6, 6.07) is 2.07. The monoisotopic (exact) mass is 360 g/mol. The van der Waals surface area contributed by atoms with E-state index in [2.05, 4.69) is 25.6 Å². The summed E-state index contributed by atoms with van der Waals surface area (Å²) >= 11 is 1.55. The van der Waals surface area contributed by atoms with Crippen LogP contribution in [0.15, 0.2) is 29.7 Å². The van der Waals surface area contributed by atoms with Gasteiger partial charge in [0.25, 0.3) is 5.91 Å². The molecule has 2 aromatic rings. The molecule has 0 unspecified atom stereocenters. The molecule has 2 aromatic heterocycles. The van der Waals surface area contributed by atoms with Crippen LogP contribution in [0.2, 0.25) is 0 Å². The van der Waals surface area contributed by atoms with E-state index in [1.807, 2.05) is 23.4 Å². The largest absolute Gasteiger partial charge is 0.392 e. The maximum absolute atomic E-state index is 12.5. The zero-order chi connectivity index (χ0) is 17.2. The smallest absolute Gasteiger partial charge is 0.259 e. The molecule has 0 aliphatic carbocycles. The number of aromatic nitrogens is 3. The van der Waals surface area contributed by atoms with Gasteiger partial charge in [-0.05, 0) is 12.5 Å². The third-order valence-electron chi connectivity index (χ3n) is 4.40. The first-order chi connectivity index (χ1) is 12.2. The Morgan fingerprint density at radius 1 is 1.48 bits per heavy atom. The van der Waals surface area contributed by atoms with Gasteiger partial charge >= 0.3 is 0 Å². The van der Waals surface area contributed by atoms with E-state index in [1.54, 1.807) is 11.8 Å². The number of aromatic amines is 1. The van der Waals surface area contributed by atoms with Gasteiger partial charge < -0.3 is 25.6 Å². The second-order valence-corrected chi connectivity index (χ2v) is 7.31. The maximum Gasteiger partial charge on any atom is 0.259 e. The molecule has 2 aliphatic heterocycles. The van der Waals surface area contributed by atoms with Gasteiger partial charge in [-0.25, -0.2) is 9.97 Å². The van der Waals surface area contributed by atoms with Crippen molar-refractivity contribution in [3.05, 3.63) is 29.7 Å². The number of anilines is 1. The van der Waals surface area contributed by atoms with Crippen LogP contribution < -0.4 is 15.5 Å². The number of hydrogen-bond acceptors (Lipinski definition) is 7. The zero-order valence-corrected chi connectivity index (χ0v) is 14.4. The Morgan fingerprint density at radius 3 is 3.24 bits per heavy atom. The van der Waals surface area contributed by atoms with Crippen LogP contribution in [0.4, 0.5) is 5.82 Å². The molecule has 25 heavy (non-hydrogen) atoms. The average Bonchev–Trinajstić information content (AvgIpc) is 3.28. The number of carbonyl (C=O) groups is 1. The third kappa shape index (κ3) is 3.48. The lowest BCUT2D eigenvalue weighted by molar-refractivity contribution is -0.116. The molecule has 0 saturated carbocycles. The molecule has 4 heterocycles. The van der Waals surface area contributed by atoms with E-state index in [0.717, 1.165) is 29.1 Å². The summed E-state index contributed by atoms with van der Waals surface area (Å²) < 4.78 is 0. The number of rotatable bonds is 4. The lowest BCUT2D eigenvalue weighted by Crippen LogP contribution is -2.38. The highest BCUT2D eigenvalue weighted by molar-refractivity contribution is 8.04. The first-order valence-electron chi connectivity index (χ1n) is 8.29. The van der Waals surface area contributed by atoms with Crippen LogP contribution in [0.3, 0.4) is 0 Å². The second-order valence-electron chi connectivity index (χ2n) is 6.18. The van der Waals surface area contributed by atoms with Gasteiger partial charge in [0.05, 0.1) is 16.4 Å². The molecule has 132 valence electrons. The van der Waals surface area contributed by atoms with Crippen molar-refractivity contribution in [1.82, 2.24) is 25.6 Å². The normalized spacial score (nSPS) is 23.7. The van der Waals surface area contributed by atoms with E-state index >= 15 is 0 Å².